The first-order valence-corrected chi connectivity index (χ1v) is 8.74. The molecule has 0 saturated carbocycles. The average molecular weight is 351 g/mol. The highest BCUT2D eigenvalue weighted by Gasteiger charge is 2.12. The van der Waals surface area contributed by atoms with Gasteiger partial charge in [-0.15, -0.1) is 11.3 Å². The monoisotopic (exact) mass is 351 g/mol. The smallest absolute Gasteiger partial charge is 0.140 e. The highest BCUT2D eigenvalue weighted by molar-refractivity contribution is 7.16. The minimum absolute atomic E-state index is 0.637. The number of anilines is 1. The summed E-state index contributed by atoms with van der Waals surface area (Å²) >= 11 is 1.62. The molecule has 0 aliphatic heterocycles. The van der Waals surface area contributed by atoms with Crippen molar-refractivity contribution in [1.82, 2.24) is 9.97 Å². The van der Waals surface area contributed by atoms with Crippen molar-refractivity contribution in [3.63, 3.8) is 0 Å². The summed E-state index contributed by atoms with van der Waals surface area (Å²) in [5.41, 5.74) is 2.15. The van der Waals surface area contributed by atoms with Gasteiger partial charge in [0.15, 0.2) is 0 Å². The Morgan fingerprint density at radius 1 is 1.12 bits per heavy atom. The second-order valence-electron chi connectivity index (χ2n) is 5.72. The maximum absolute atomic E-state index is 5.75. The van der Waals surface area contributed by atoms with Gasteiger partial charge in [-0.1, -0.05) is 12.1 Å². The van der Waals surface area contributed by atoms with Crippen molar-refractivity contribution in [2.45, 2.75) is 6.54 Å². The lowest BCUT2D eigenvalue weighted by molar-refractivity contribution is 0.415. The van der Waals surface area contributed by atoms with Crippen LogP contribution in [0.3, 0.4) is 0 Å². The molecule has 4 aromatic rings. The van der Waals surface area contributed by atoms with Gasteiger partial charge in [0, 0.05) is 12.6 Å². The molecular formula is C19H17N3O2S. The Morgan fingerprint density at radius 3 is 2.76 bits per heavy atom. The molecule has 0 aliphatic rings. The van der Waals surface area contributed by atoms with Crippen molar-refractivity contribution < 1.29 is 9.15 Å². The van der Waals surface area contributed by atoms with Crippen LogP contribution in [-0.2, 0) is 6.54 Å². The number of thiophene rings is 1. The van der Waals surface area contributed by atoms with E-state index in [9.17, 15) is 0 Å². The zero-order valence-electron chi connectivity index (χ0n) is 14.0. The Labute approximate surface area is 149 Å². The number of benzene rings is 1. The van der Waals surface area contributed by atoms with Crippen LogP contribution in [0.2, 0.25) is 0 Å². The van der Waals surface area contributed by atoms with Gasteiger partial charge in [0.2, 0.25) is 0 Å². The number of rotatable bonds is 5. The van der Waals surface area contributed by atoms with Gasteiger partial charge in [-0.3, -0.25) is 0 Å². The molecule has 25 heavy (non-hydrogen) atoms. The predicted octanol–water partition coefficient (Wildman–Crippen LogP) is 4.60. The van der Waals surface area contributed by atoms with Gasteiger partial charge in [0.25, 0.3) is 0 Å². The first kappa shape index (κ1) is 15.7. The van der Waals surface area contributed by atoms with Crippen molar-refractivity contribution in [2.24, 2.45) is 0 Å². The molecule has 3 heterocycles. The zero-order valence-corrected chi connectivity index (χ0v) is 14.8. The van der Waals surface area contributed by atoms with Crippen LogP contribution < -0.4 is 9.64 Å². The van der Waals surface area contributed by atoms with Crippen molar-refractivity contribution in [3.05, 3.63) is 60.1 Å². The molecule has 0 fully saturated rings. The maximum atomic E-state index is 5.75. The largest absolute Gasteiger partial charge is 0.497 e. The van der Waals surface area contributed by atoms with Crippen LogP contribution in [-0.4, -0.2) is 24.1 Å². The van der Waals surface area contributed by atoms with Gasteiger partial charge in [0.1, 0.15) is 28.5 Å². The van der Waals surface area contributed by atoms with E-state index in [0.29, 0.717) is 6.54 Å². The summed E-state index contributed by atoms with van der Waals surface area (Å²) in [5.74, 6) is 2.64. The summed E-state index contributed by atoms with van der Waals surface area (Å²) in [6, 6.07) is 12.1. The van der Waals surface area contributed by atoms with E-state index in [-0.39, 0.29) is 0 Å². The third kappa shape index (κ3) is 3.08. The number of methoxy groups -OCH3 is 1. The zero-order chi connectivity index (χ0) is 17.2. The van der Waals surface area contributed by atoms with Crippen LogP contribution >= 0.6 is 11.3 Å². The van der Waals surface area contributed by atoms with Crippen LogP contribution in [0.1, 0.15) is 5.76 Å². The summed E-state index contributed by atoms with van der Waals surface area (Å²) in [5, 5.41) is 3.10. The Bertz CT molecular complexity index is 991. The molecule has 0 saturated heterocycles. The summed E-state index contributed by atoms with van der Waals surface area (Å²) in [6.07, 6.45) is 3.39. The second kappa shape index (κ2) is 6.57. The highest BCUT2D eigenvalue weighted by Crippen LogP contribution is 2.28. The van der Waals surface area contributed by atoms with E-state index in [4.69, 9.17) is 9.15 Å². The molecule has 6 heteroatoms. The Hall–Kier alpha value is -2.86. The number of nitrogens with zero attached hydrogens (tertiary/aromatic N) is 3. The molecule has 0 amide bonds. The summed E-state index contributed by atoms with van der Waals surface area (Å²) in [6.45, 7) is 0.637. The van der Waals surface area contributed by atoms with Crippen molar-refractivity contribution in [3.8, 4) is 16.9 Å². The molecule has 0 aliphatic carbocycles. The van der Waals surface area contributed by atoms with Crippen LogP contribution in [0.25, 0.3) is 21.3 Å². The molecule has 5 nitrogen and oxygen atoms in total. The first-order chi connectivity index (χ1) is 12.2. The molecule has 0 spiro atoms. The van der Waals surface area contributed by atoms with E-state index in [1.807, 2.05) is 36.7 Å². The summed E-state index contributed by atoms with van der Waals surface area (Å²) < 4.78 is 10.9. The van der Waals surface area contributed by atoms with E-state index in [0.717, 1.165) is 38.7 Å². The number of furan rings is 1. The standard InChI is InChI=1S/C19H17N3O2S/c1-22(18-17-7-8-25-19(17)21-12-20-18)10-16-9-14(11-24-16)13-3-5-15(23-2)6-4-13/h3-9,11-12H,10H2,1-2H3. The molecule has 4 rings (SSSR count). The summed E-state index contributed by atoms with van der Waals surface area (Å²) in [4.78, 5) is 11.8. The third-order valence-corrected chi connectivity index (χ3v) is 4.89. The van der Waals surface area contributed by atoms with E-state index < -0.39 is 0 Å². The maximum Gasteiger partial charge on any atom is 0.140 e. The van der Waals surface area contributed by atoms with E-state index in [2.05, 4.69) is 27.0 Å². The fourth-order valence-electron chi connectivity index (χ4n) is 2.79. The molecule has 0 atom stereocenters. The average Bonchev–Trinajstić information content (AvgIpc) is 3.30. The molecule has 0 bridgehead atoms. The fraction of sp³-hybridized carbons (Fsp3) is 0.158. The summed E-state index contributed by atoms with van der Waals surface area (Å²) in [7, 11) is 3.67. The third-order valence-electron chi connectivity index (χ3n) is 4.07. The Kier molecular flexibility index (Phi) is 4.11. The second-order valence-corrected chi connectivity index (χ2v) is 6.62. The Balaban J connectivity index is 1.55. The highest BCUT2D eigenvalue weighted by atomic mass is 32.1. The van der Waals surface area contributed by atoms with Gasteiger partial charge in [-0.25, -0.2) is 9.97 Å². The molecular weight excluding hydrogens is 334 g/mol. The van der Waals surface area contributed by atoms with Crippen LogP contribution in [0, 0.1) is 0 Å². The van der Waals surface area contributed by atoms with Crippen LogP contribution in [0.15, 0.2) is 58.8 Å². The van der Waals surface area contributed by atoms with Gasteiger partial charge < -0.3 is 14.1 Å². The van der Waals surface area contributed by atoms with Crippen molar-refractivity contribution >= 4 is 27.4 Å². The van der Waals surface area contributed by atoms with Crippen molar-refractivity contribution in [2.75, 3.05) is 19.1 Å². The molecule has 0 unspecified atom stereocenters. The SMILES string of the molecule is COc1ccc(-c2coc(CN(C)c3ncnc4sccc34)c2)cc1. The Morgan fingerprint density at radius 2 is 1.96 bits per heavy atom. The predicted molar refractivity (Wildman–Crippen MR) is 100 cm³/mol. The molecule has 126 valence electrons. The van der Waals surface area contributed by atoms with E-state index in [1.54, 1.807) is 31.0 Å². The number of hydrogen-bond donors (Lipinski definition) is 0. The van der Waals surface area contributed by atoms with Gasteiger partial charge in [-0.05, 0) is 35.2 Å². The first-order valence-electron chi connectivity index (χ1n) is 7.86. The fourth-order valence-corrected chi connectivity index (χ4v) is 3.52. The number of hydrogen-bond acceptors (Lipinski definition) is 6. The lowest BCUT2D eigenvalue weighted by Crippen LogP contribution is -2.17. The van der Waals surface area contributed by atoms with E-state index >= 15 is 0 Å². The number of ether oxygens (including phenoxy) is 1. The quantitative estimate of drug-likeness (QED) is 0.526. The van der Waals surface area contributed by atoms with Crippen LogP contribution in [0.4, 0.5) is 5.82 Å². The van der Waals surface area contributed by atoms with Crippen LogP contribution in [0.5, 0.6) is 5.75 Å². The number of aromatic nitrogens is 2. The van der Waals surface area contributed by atoms with Gasteiger partial charge >= 0.3 is 0 Å². The topological polar surface area (TPSA) is 51.4 Å². The van der Waals surface area contributed by atoms with Gasteiger partial charge in [-0.2, -0.15) is 0 Å². The minimum atomic E-state index is 0.637. The van der Waals surface area contributed by atoms with E-state index in [1.165, 1.54) is 0 Å². The molecule has 0 radical (unpaired) electrons. The van der Waals surface area contributed by atoms with Crippen molar-refractivity contribution in [1.29, 1.82) is 0 Å². The molecule has 1 aromatic carbocycles. The lowest BCUT2D eigenvalue weighted by atomic mass is 10.1. The minimum Gasteiger partial charge on any atom is -0.497 e. The number of fused-ring (bicyclic) bond motifs is 1. The molecule has 0 N–H and O–H groups in total. The van der Waals surface area contributed by atoms with Gasteiger partial charge in [0.05, 0.1) is 25.3 Å². The molecule has 3 aromatic heterocycles. The lowest BCUT2D eigenvalue weighted by Gasteiger charge is -2.17. The normalized spacial score (nSPS) is 11.0.